The first-order valence-corrected chi connectivity index (χ1v) is 8.61. The number of amides is 3. The van der Waals surface area contributed by atoms with Crippen LogP contribution in [0.1, 0.15) is 22.2 Å². The molecule has 0 radical (unpaired) electrons. The molecule has 0 aliphatic rings. The zero-order chi connectivity index (χ0) is 18.9. The fourth-order valence-electron chi connectivity index (χ4n) is 2.36. The average Bonchev–Trinajstić information content (AvgIpc) is 3.13. The largest absolute Gasteiger partial charge is 0.468 e. The maximum atomic E-state index is 12.0. The quantitative estimate of drug-likeness (QED) is 0.615. The molecule has 8 heteroatoms. The highest BCUT2D eigenvalue weighted by Gasteiger charge is 2.17. The molecule has 0 saturated heterocycles. The second-order valence-corrected chi connectivity index (χ2v) is 6.27. The minimum atomic E-state index is -0.310. The lowest BCUT2D eigenvalue weighted by Crippen LogP contribution is -2.43. The van der Waals surface area contributed by atoms with E-state index in [0.717, 1.165) is 5.76 Å². The van der Waals surface area contributed by atoms with Crippen LogP contribution in [0, 0.1) is 0 Å². The summed E-state index contributed by atoms with van der Waals surface area (Å²) in [7, 11) is 3.83. The number of likely N-dealkylation sites (N-methyl/N-ethyl adjacent to an activating group) is 1. The van der Waals surface area contributed by atoms with Crippen LogP contribution in [-0.2, 0) is 0 Å². The highest BCUT2D eigenvalue weighted by Crippen LogP contribution is 2.17. The molecule has 1 aromatic carbocycles. The third-order valence-electron chi connectivity index (χ3n) is 3.77. The Morgan fingerprint density at radius 2 is 1.81 bits per heavy atom. The monoisotopic (exact) mass is 378 g/mol. The van der Waals surface area contributed by atoms with Gasteiger partial charge in [-0.05, 0) is 38.4 Å². The van der Waals surface area contributed by atoms with Gasteiger partial charge in [0, 0.05) is 19.6 Å². The van der Waals surface area contributed by atoms with Crippen LogP contribution in [0.15, 0.2) is 47.1 Å². The molecule has 0 spiro atoms. The number of carbonyl (C=O) groups excluding carboxylic acids is 2. The van der Waals surface area contributed by atoms with Crippen LogP contribution in [0.5, 0.6) is 0 Å². The first-order valence-electron chi connectivity index (χ1n) is 8.23. The van der Waals surface area contributed by atoms with Crippen molar-refractivity contribution in [2.45, 2.75) is 6.04 Å². The van der Waals surface area contributed by atoms with Gasteiger partial charge >= 0.3 is 6.03 Å². The molecule has 3 N–H and O–H groups in total. The number of hydrogen-bond donors (Lipinski definition) is 3. The van der Waals surface area contributed by atoms with Crippen molar-refractivity contribution in [3.05, 3.63) is 59.0 Å². The first-order chi connectivity index (χ1) is 12.5. The maximum absolute atomic E-state index is 12.0. The minimum Gasteiger partial charge on any atom is -0.468 e. The number of halogens is 1. The van der Waals surface area contributed by atoms with Gasteiger partial charge in [0.25, 0.3) is 5.91 Å². The number of nitrogens with one attached hydrogen (secondary N) is 3. The fourth-order valence-corrected chi connectivity index (χ4v) is 2.58. The molecule has 2 rings (SSSR count). The van der Waals surface area contributed by atoms with Gasteiger partial charge in [0.1, 0.15) is 5.76 Å². The van der Waals surface area contributed by atoms with E-state index in [9.17, 15) is 9.59 Å². The van der Waals surface area contributed by atoms with E-state index < -0.39 is 0 Å². The SMILES string of the molecule is CN(C)C(CNC(=O)NCCNC(=O)c1ccccc1Cl)c1ccco1. The van der Waals surface area contributed by atoms with Gasteiger partial charge < -0.3 is 20.4 Å². The molecule has 0 aliphatic heterocycles. The van der Waals surface area contributed by atoms with Crippen molar-refractivity contribution in [1.29, 1.82) is 0 Å². The lowest BCUT2D eigenvalue weighted by atomic mass is 10.2. The van der Waals surface area contributed by atoms with Crippen molar-refractivity contribution in [2.75, 3.05) is 33.7 Å². The van der Waals surface area contributed by atoms with Crippen LogP contribution in [0.25, 0.3) is 0 Å². The van der Waals surface area contributed by atoms with Gasteiger partial charge in [-0.3, -0.25) is 9.69 Å². The van der Waals surface area contributed by atoms with Gasteiger partial charge in [0.15, 0.2) is 0 Å². The van der Waals surface area contributed by atoms with E-state index in [2.05, 4.69) is 16.0 Å². The smallest absolute Gasteiger partial charge is 0.314 e. The molecule has 1 heterocycles. The molecule has 140 valence electrons. The van der Waals surface area contributed by atoms with Crippen molar-refractivity contribution in [1.82, 2.24) is 20.9 Å². The van der Waals surface area contributed by atoms with E-state index in [0.29, 0.717) is 30.2 Å². The lowest BCUT2D eigenvalue weighted by Gasteiger charge is -2.22. The molecule has 0 fully saturated rings. The molecule has 0 aliphatic carbocycles. The molecular formula is C18H23ClN4O3. The number of carbonyl (C=O) groups is 2. The predicted octanol–water partition coefficient (Wildman–Crippen LogP) is 2.26. The van der Waals surface area contributed by atoms with Crippen LogP contribution < -0.4 is 16.0 Å². The maximum Gasteiger partial charge on any atom is 0.314 e. The van der Waals surface area contributed by atoms with Crippen molar-refractivity contribution in [3.63, 3.8) is 0 Å². The average molecular weight is 379 g/mol. The van der Waals surface area contributed by atoms with Crippen LogP contribution in [-0.4, -0.2) is 50.6 Å². The van der Waals surface area contributed by atoms with Crippen molar-refractivity contribution in [3.8, 4) is 0 Å². The summed E-state index contributed by atoms with van der Waals surface area (Å²) in [5.74, 6) is 0.505. The Hall–Kier alpha value is -2.51. The highest BCUT2D eigenvalue weighted by atomic mass is 35.5. The third-order valence-corrected chi connectivity index (χ3v) is 4.10. The summed E-state index contributed by atoms with van der Waals surface area (Å²) in [5.41, 5.74) is 0.408. The second-order valence-electron chi connectivity index (χ2n) is 5.87. The Kier molecular flexibility index (Phi) is 7.50. The summed E-state index contributed by atoms with van der Waals surface area (Å²) >= 11 is 5.97. The van der Waals surface area contributed by atoms with E-state index >= 15 is 0 Å². The fraction of sp³-hybridized carbons (Fsp3) is 0.333. The van der Waals surface area contributed by atoms with Gasteiger partial charge in [-0.1, -0.05) is 23.7 Å². The Bertz CT molecular complexity index is 719. The number of rotatable bonds is 8. The van der Waals surface area contributed by atoms with E-state index in [4.69, 9.17) is 16.0 Å². The molecule has 1 aromatic heterocycles. The van der Waals surface area contributed by atoms with E-state index in [1.165, 1.54) is 0 Å². The summed E-state index contributed by atoms with van der Waals surface area (Å²) in [4.78, 5) is 25.9. The standard InChI is InChI=1S/C18H23ClN4O3/c1-23(2)15(16-8-5-11-26-16)12-22-18(25)21-10-9-20-17(24)13-6-3-4-7-14(13)19/h3-8,11,15H,9-10,12H2,1-2H3,(H,20,24)(H2,21,22,25). The van der Waals surface area contributed by atoms with Crippen LogP contribution >= 0.6 is 11.6 Å². The van der Waals surface area contributed by atoms with E-state index in [1.807, 2.05) is 31.1 Å². The molecule has 1 atom stereocenters. The Morgan fingerprint density at radius 1 is 1.08 bits per heavy atom. The van der Waals surface area contributed by atoms with Gasteiger partial charge in [0.2, 0.25) is 0 Å². The van der Waals surface area contributed by atoms with Crippen LogP contribution in [0.3, 0.4) is 0 Å². The summed E-state index contributed by atoms with van der Waals surface area (Å²) in [6.07, 6.45) is 1.60. The molecule has 7 nitrogen and oxygen atoms in total. The van der Waals surface area contributed by atoms with Crippen molar-refractivity contribution >= 4 is 23.5 Å². The number of urea groups is 1. The Balaban J connectivity index is 1.69. The van der Waals surface area contributed by atoms with Crippen molar-refractivity contribution in [2.24, 2.45) is 0 Å². The van der Waals surface area contributed by atoms with Gasteiger partial charge in [-0.15, -0.1) is 0 Å². The van der Waals surface area contributed by atoms with Crippen LogP contribution in [0.2, 0.25) is 5.02 Å². The normalized spacial score (nSPS) is 11.8. The predicted molar refractivity (Wildman–Crippen MR) is 100 cm³/mol. The minimum absolute atomic E-state index is 0.0596. The zero-order valence-corrected chi connectivity index (χ0v) is 15.5. The summed E-state index contributed by atoms with van der Waals surface area (Å²) in [6.45, 7) is 1.00. The molecule has 26 heavy (non-hydrogen) atoms. The van der Waals surface area contributed by atoms with E-state index in [-0.39, 0.29) is 18.0 Å². The Labute approximate surface area is 157 Å². The van der Waals surface area contributed by atoms with Crippen molar-refractivity contribution < 1.29 is 14.0 Å². The number of benzene rings is 1. The van der Waals surface area contributed by atoms with Gasteiger partial charge in [-0.2, -0.15) is 0 Å². The first kappa shape index (κ1) is 19.8. The molecule has 1 unspecified atom stereocenters. The topological polar surface area (TPSA) is 86.6 Å². The molecule has 0 saturated carbocycles. The number of furan rings is 1. The molecular weight excluding hydrogens is 356 g/mol. The second kappa shape index (κ2) is 9.84. The number of hydrogen-bond acceptors (Lipinski definition) is 4. The zero-order valence-electron chi connectivity index (χ0n) is 14.8. The third kappa shape index (κ3) is 5.79. The molecule has 2 aromatic rings. The number of nitrogens with zero attached hydrogens (tertiary/aromatic N) is 1. The molecule has 0 bridgehead atoms. The van der Waals surface area contributed by atoms with Gasteiger partial charge in [0.05, 0.1) is 22.9 Å². The van der Waals surface area contributed by atoms with E-state index in [1.54, 1.807) is 30.5 Å². The van der Waals surface area contributed by atoms with Gasteiger partial charge in [-0.25, -0.2) is 4.79 Å². The lowest BCUT2D eigenvalue weighted by molar-refractivity contribution is 0.0954. The summed E-state index contributed by atoms with van der Waals surface area (Å²) in [6, 6.07) is 10.1. The molecule has 3 amide bonds. The Morgan fingerprint density at radius 3 is 2.46 bits per heavy atom. The highest BCUT2D eigenvalue weighted by molar-refractivity contribution is 6.33. The van der Waals surface area contributed by atoms with Crippen LogP contribution in [0.4, 0.5) is 4.79 Å². The summed E-state index contributed by atoms with van der Waals surface area (Å²) < 4.78 is 5.39. The summed E-state index contributed by atoms with van der Waals surface area (Å²) in [5, 5.41) is 8.60.